The Morgan fingerprint density at radius 3 is 2.75 bits per heavy atom. The molecule has 0 aliphatic rings. The molecular formula is C14H18BrN3OS. The van der Waals surface area contributed by atoms with Gasteiger partial charge in [-0.2, -0.15) is 0 Å². The highest BCUT2D eigenvalue weighted by molar-refractivity contribution is 9.10. The maximum absolute atomic E-state index is 9.52. The topological polar surface area (TPSA) is 49.2 Å². The Labute approximate surface area is 131 Å². The van der Waals surface area contributed by atoms with Gasteiger partial charge in [-0.15, -0.1) is 11.3 Å². The minimum Gasteiger partial charge on any atom is -0.390 e. The van der Waals surface area contributed by atoms with Gasteiger partial charge in [-0.3, -0.25) is 0 Å². The molecule has 0 unspecified atom stereocenters. The van der Waals surface area contributed by atoms with Crippen molar-refractivity contribution in [1.29, 1.82) is 0 Å². The molecule has 0 radical (unpaired) electrons. The molecule has 20 heavy (non-hydrogen) atoms. The molecule has 0 aliphatic carbocycles. The number of aliphatic hydroxyl groups excluding tert-OH is 1. The molecule has 4 nitrogen and oxygen atoms in total. The first-order valence-corrected chi connectivity index (χ1v) is 8.09. The van der Waals surface area contributed by atoms with Gasteiger partial charge in [0, 0.05) is 27.7 Å². The van der Waals surface area contributed by atoms with Crippen LogP contribution in [0.25, 0.3) is 0 Å². The van der Waals surface area contributed by atoms with E-state index in [-0.39, 0.29) is 12.5 Å². The van der Waals surface area contributed by atoms with Crippen molar-refractivity contribution in [2.45, 2.75) is 32.9 Å². The van der Waals surface area contributed by atoms with Crippen molar-refractivity contribution in [3.05, 3.63) is 38.5 Å². The summed E-state index contributed by atoms with van der Waals surface area (Å²) in [4.78, 5) is 12.1. The molecule has 0 amide bonds. The van der Waals surface area contributed by atoms with E-state index in [1.807, 2.05) is 20.9 Å². The normalized spacial score (nSPS) is 11.1. The minimum absolute atomic E-state index is 0.0734. The number of halogens is 1. The third-order valence-electron chi connectivity index (χ3n) is 2.96. The van der Waals surface area contributed by atoms with E-state index in [1.54, 1.807) is 17.5 Å². The molecule has 0 aromatic carbocycles. The van der Waals surface area contributed by atoms with Crippen LogP contribution in [0.3, 0.4) is 0 Å². The van der Waals surface area contributed by atoms with Gasteiger partial charge >= 0.3 is 0 Å². The van der Waals surface area contributed by atoms with Crippen LogP contribution in [0.4, 0.5) is 5.69 Å². The molecule has 6 heteroatoms. The molecule has 1 N–H and O–H groups in total. The number of hydrogen-bond donors (Lipinski definition) is 1. The van der Waals surface area contributed by atoms with E-state index in [4.69, 9.17) is 0 Å². The first-order chi connectivity index (χ1) is 9.51. The Kier molecular flexibility index (Phi) is 5.12. The molecule has 0 saturated heterocycles. The van der Waals surface area contributed by atoms with E-state index in [9.17, 15) is 5.11 Å². The van der Waals surface area contributed by atoms with E-state index >= 15 is 0 Å². The maximum Gasteiger partial charge on any atom is 0.131 e. The number of aliphatic hydroxyl groups is 1. The van der Waals surface area contributed by atoms with Crippen molar-refractivity contribution in [2.75, 3.05) is 11.9 Å². The quantitative estimate of drug-likeness (QED) is 0.890. The highest BCUT2D eigenvalue weighted by Crippen LogP contribution is 2.25. The molecular weight excluding hydrogens is 338 g/mol. The van der Waals surface area contributed by atoms with Crippen LogP contribution in [-0.4, -0.2) is 22.1 Å². The standard InChI is InChI=1S/C14H18BrN3OS/c1-9(2)14-16-5-13(12(7-19)17-14)18(3)6-11-4-10(15)8-20-11/h4-5,8-9,19H,6-7H2,1-3H3. The lowest BCUT2D eigenvalue weighted by atomic mass is 10.2. The van der Waals surface area contributed by atoms with E-state index in [0.29, 0.717) is 5.69 Å². The SMILES string of the molecule is CC(C)c1ncc(N(C)Cc2cc(Br)cs2)c(CO)n1. The Morgan fingerprint density at radius 2 is 2.20 bits per heavy atom. The number of anilines is 1. The Bertz CT molecular complexity index is 586. The van der Waals surface area contributed by atoms with Gasteiger partial charge in [0.2, 0.25) is 0 Å². The van der Waals surface area contributed by atoms with Crippen molar-refractivity contribution < 1.29 is 5.11 Å². The summed E-state index contributed by atoms with van der Waals surface area (Å²) in [6.07, 6.45) is 1.80. The average molecular weight is 356 g/mol. The van der Waals surface area contributed by atoms with E-state index < -0.39 is 0 Å². The Balaban J connectivity index is 2.22. The number of thiophene rings is 1. The molecule has 0 spiro atoms. The first kappa shape index (κ1) is 15.4. The summed E-state index contributed by atoms with van der Waals surface area (Å²) in [6, 6.07) is 2.10. The molecule has 0 aliphatic heterocycles. The molecule has 108 valence electrons. The summed E-state index contributed by atoms with van der Waals surface area (Å²) >= 11 is 5.16. The largest absolute Gasteiger partial charge is 0.390 e. The zero-order valence-corrected chi connectivity index (χ0v) is 14.2. The molecule has 0 atom stereocenters. The highest BCUT2D eigenvalue weighted by atomic mass is 79.9. The lowest BCUT2D eigenvalue weighted by molar-refractivity contribution is 0.276. The predicted octanol–water partition coefficient (Wildman–Crippen LogP) is 3.55. The Hall–Kier alpha value is -0.980. The van der Waals surface area contributed by atoms with Crippen LogP contribution in [0.15, 0.2) is 22.1 Å². The summed E-state index contributed by atoms with van der Waals surface area (Å²) < 4.78 is 1.10. The second kappa shape index (κ2) is 6.65. The lowest BCUT2D eigenvalue weighted by Crippen LogP contribution is -2.19. The number of aromatic nitrogens is 2. The summed E-state index contributed by atoms with van der Waals surface area (Å²) in [7, 11) is 1.99. The summed E-state index contributed by atoms with van der Waals surface area (Å²) in [5.74, 6) is 1.03. The minimum atomic E-state index is -0.0734. The van der Waals surface area contributed by atoms with Crippen molar-refractivity contribution >= 4 is 33.0 Å². The third-order valence-corrected chi connectivity index (χ3v) is 4.64. The number of nitrogens with zero attached hydrogens (tertiary/aromatic N) is 3. The molecule has 2 aromatic heterocycles. The maximum atomic E-state index is 9.52. The third kappa shape index (κ3) is 3.56. The van der Waals surface area contributed by atoms with Crippen LogP contribution in [-0.2, 0) is 13.2 Å². The van der Waals surface area contributed by atoms with Gasteiger partial charge in [0.15, 0.2) is 0 Å². The monoisotopic (exact) mass is 355 g/mol. The van der Waals surface area contributed by atoms with Gasteiger partial charge in [0.05, 0.1) is 30.7 Å². The molecule has 2 rings (SSSR count). The van der Waals surface area contributed by atoms with Gasteiger partial charge in [-0.05, 0) is 22.0 Å². The van der Waals surface area contributed by atoms with Gasteiger partial charge in [0.1, 0.15) is 5.82 Å². The molecule has 2 heterocycles. The molecule has 2 aromatic rings. The molecule has 0 fully saturated rings. The van der Waals surface area contributed by atoms with Crippen LogP contribution in [0.2, 0.25) is 0 Å². The van der Waals surface area contributed by atoms with Crippen molar-refractivity contribution in [2.24, 2.45) is 0 Å². The fraction of sp³-hybridized carbons (Fsp3) is 0.429. The van der Waals surface area contributed by atoms with Gasteiger partial charge in [0.25, 0.3) is 0 Å². The van der Waals surface area contributed by atoms with Crippen molar-refractivity contribution in [3.8, 4) is 0 Å². The fourth-order valence-corrected chi connectivity index (χ4v) is 3.40. The van der Waals surface area contributed by atoms with Gasteiger partial charge < -0.3 is 10.0 Å². The zero-order chi connectivity index (χ0) is 14.7. The van der Waals surface area contributed by atoms with Crippen LogP contribution in [0.1, 0.15) is 36.2 Å². The highest BCUT2D eigenvalue weighted by Gasteiger charge is 2.13. The van der Waals surface area contributed by atoms with E-state index in [0.717, 1.165) is 22.5 Å². The van der Waals surface area contributed by atoms with Crippen LogP contribution < -0.4 is 4.90 Å². The summed E-state index contributed by atoms with van der Waals surface area (Å²) in [6.45, 7) is 4.79. The molecule has 0 saturated carbocycles. The first-order valence-electron chi connectivity index (χ1n) is 6.42. The smallest absolute Gasteiger partial charge is 0.131 e. The van der Waals surface area contributed by atoms with Gasteiger partial charge in [-0.25, -0.2) is 9.97 Å². The number of hydrogen-bond acceptors (Lipinski definition) is 5. The summed E-state index contributed by atoms with van der Waals surface area (Å²) in [5.41, 5.74) is 1.56. The fourth-order valence-electron chi connectivity index (χ4n) is 1.90. The molecule has 0 bridgehead atoms. The van der Waals surface area contributed by atoms with Crippen LogP contribution >= 0.6 is 27.3 Å². The van der Waals surface area contributed by atoms with Crippen LogP contribution in [0.5, 0.6) is 0 Å². The lowest BCUT2D eigenvalue weighted by Gasteiger charge is -2.21. The van der Waals surface area contributed by atoms with Crippen molar-refractivity contribution in [1.82, 2.24) is 9.97 Å². The zero-order valence-electron chi connectivity index (χ0n) is 11.8. The van der Waals surface area contributed by atoms with Crippen LogP contribution in [0, 0.1) is 0 Å². The summed E-state index contributed by atoms with van der Waals surface area (Å²) in [5, 5.41) is 11.6. The number of rotatable bonds is 5. The predicted molar refractivity (Wildman–Crippen MR) is 86.2 cm³/mol. The van der Waals surface area contributed by atoms with E-state index in [1.165, 1.54) is 4.88 Å². The average Bonchev–Trinajstić information content (AvgIpc) is 2.83. The van der Waals surface area contributed by atoms with Gasteiger partial charge in [-0.1, -0.05) is 13.8 Å². The second-order valence-corrected chi connectivity index (χ2v) is 6.87. The second-order valence-electron chi connectivity index (χ2n) is 4.96. The van der Waals surface area contributed by atoms with E-state index in [2.05, 4.69) is 42.2 Å². The Morgan fingerprint density at radius 1 is 1.45 bits per heavy atom. The van der Waals surface area contributed by atoms with Crippen molar-refractivity contribution in [3.63, 3.8) is 0 Å².